The number of aryl methyl sites for hydroxylation is 1. The first-order chi connectivity index (χ1) is 14.6. The highest BCUT2D eigenvalue weighted by atomic mass is 16.5. The molecule has 153 valence electrons. The number of pyridine rings is 1. The number of hydrogen-bond acceptors (Lipinski definition) is 4. The number of benzene rings is 2. The maximum absolute atomic E-state index is 11.8. The average molecular weight is 401 g/mol. The van der Waals surface area contributed by atoms with Gasteiger partial charge in [0.1, 0.15) is 17.6 Å². The quantitative estimate of drug-likeness (QED) is 0.572. The Morgan fingerprint density at radius 3 is 2.73 bits per heavy atom. The van der Waals surface area contributed by atoms with Crippen molar-refractivity contribution in [1.29, 1.82) is 0 Å². The first-order valence-corrected chi connectivity index (χ1v) is 10.2. The standard InChI is InChI=1S/C25H25N2O3/c1-17(2)14-24(28)27-20-9-13-25(26-16-20)29-21-10-12-23-19(15-21)8-11-22(30-23)18-6-4-3-5-7-18/h3-7,9-10,12-17,22H,8,11H2,1-2H3,(H,27,28)/t22-/m0/s1. The molecular weight excluding hydrogens is 376 g/mol. The van der Waals surface area contributed by atoms with Crippen molar-refractivity contribution < 1.29 is 14.3 Å². The van der Waals surface area contributed by atoms with Crippen molar-refractivity contribution in [2.45, 2.75) is 32.8 Å². The molecule has 0 unspecified atom stereocenters. The van der Waals surface area contributed by atoms with Gasteiger partial charge in [0, 0.05) is 6.07 Å². The number of rotatable bonds is 6. The molecule has 1 aliphatic heterocycles. The van der Waals surface area contributed by atoms with E-state index in [4.69, 9.17) is 9.47 Å². The van der Waals surface area contributed by atoms with Crippen molar-refractivity contribution in [3.05, 3.63) is 84.4 Å². The van der Waals surface area contributed by atoms with Crippen molar-refractivity contribution in [3.8, 4) is 17.4 Å². The van der Waals surface area contributed by atoms with E-state index in [9.17, 15) is 4.79 Å². The molecule has 1 aliphatic rings. The number of hydrogen-bond donors (Lipinski definition) is 1. The second-order valence-corrected chi connectivity index (χ2v) is 7.71. The van der Waals surface area contributed by atoms with Crippen LogP contribution in [0.1, 0.15) is 37.5 Å². The van der Waals surface area contributed by atoms with Gasteiger partial charge in [-0.25, -0.2) is 4.98 Å². The summed E-state index contributed by atoms with van der Waals surface area (Å²) in [5.74, 6) is 2.14. The molecule has 0 aliphatic carbocycles. The van der Waals surface area contributed by atoms with Crippen LogP contribution in [0, 0.1) is 12.3 Å². The van der Waals surface area contributed by atoms with Crippen LogP contribution in [0.5, 0.6) is 17.4 Å². The number of amides is 1. The summed E-state index contributed by atoms with van der Waals surface area (Å²) in [6, 6.07) is 19.7. The highest BCUT2D eigenvalue weighted by Crippen LogP contribution is 2.37. The number of ether oxygens (including phenoxy) is 2. The molecule has 3 aromatic rings. The Bertz CT molecular complexity index is 1000. The molecule has 5 nitrogen and oxygen atoms in total. The van der Waals surface area contributed by atoms with Crippen LogP contribution < -0.4 is 14.8 Å². The molecule has 1 atom stereocenters. The molecule has 4 rings (SSSR count). The molecule has 1 radical (unpaired) electrons. The van der Waals surface area contributed by atoms with Crippen LogP contribution in [0.15, 0.2) is 66.9 Å². The Hall–Kier alpha value is -3.34. The SMILES string of the molecule is CC(C)[CH]C(=O)Nc1ccc(Oc2ccc3c(c2)CC[C@@H](c2ccccc2)O3)nc1. The van der Waals surface area contributed by atoms with E-state index in [2.05, 4.69) is 22.4 Å². The molecule has 0 bridgehead atoms. The lowest BCUT2D eigenvalue weighted by Gasteiger charge is -2.26. The fraction of sp³-hybridized carbons (Fsp3) is 0.240. The van der Waals surface area contributed by atoms with Crippen LogP contribution in [0.2, 0.25) is 0 Å². The number of carbonyl (C=O) groups is 1. The van der Waals surface area contributed by atoms with E-state index in [-0.39, 0.29) is 17.9 Å². The van der Waals surface area contributed by atoms with Gasteiger partial charge in [0.25, 0.3) is 0 Å². The Morgan fingerprint density at radius 2 is 2.00 bits per heavy atom. The van der Waals surface area contributed by atoms with Gasteiger partial charge in [-0.2, -0.15) is 0 Å². The Labute approximate surface area is 177 Å². The van der Waals surface area contributed by atoms with Crippen LogP contribution >= 0.6 is 0 Å². The van der Waals surface area contributed by atoms with Crippen LogP contribution in [0.4, 0.5) is 5.69 Å². The number of nitrogens with zero attached hydrogens (tertiary/aromatic N) is 1. The third kappa shape index (κ3) is 4.98. The summed E-state index contributed by atoms with van der Waals surface area (Å²) in [4.78, 5) is 16.1. The summed E-state index contributed by atoms with van der Waals surface area (Å²) >= 11 is 0. The smallest absolute Gasteiger partial charge is 0.228 e. The maximum atomic E-state index is 11.8. The second-order valence-electron chi connectivity index (χ2n) is 7.71. The van der Waals surface area contributed by atoms with Gasteiger partial charge in [-0.3, -0.25) is 4.79 Å². The van der Waals surface area contributed by atoms with Gasteiger partial charge < -0.3 is 14.8 Å². The fourth-order valence-electron chi connectivity index (χ4n) is 3.45. The zero-order chi connectivity index (χ0) is 20.9. The van der Waals surface area contributed by atoms with E-state index in [0.717, 1.165) is 24.2 Å². The lowest BCUT2D eigenvalue weighted by atomic mass is 9.97. The molecule has 1 amide bonds. The predicted molar refractivity (Wildman–Crippen MR) is 117 cm³/mol. The molecule has 2 heterocycles. The maximum Gasteiger partial charge on any atom is 0.228 e. The van der Waals surface area contributed by atoms with Gasteiger partial charge in [-0.15, -0.1) is 0 Å². The van der Waals surface area contributed by atoms with E-state index >= 15 is 0 Å². The van der Waals surface area contributed by atoms with Crippen LogP contribution in [-0.2, 0) is 11.2 Å². The lowest BCUT2D eigenvalue weighted by Crippen LogP contribution is -2.15. The highest BCUT2D eigenvalue weighted by Gasteiger charge is 2.21. The van der Waals surface area contributed by atoms with Crippen molar-refractivity contribution in [1.82, 2.24) is 4.98 Å². The Morgan fingerprint density at radius 1 is 1.17 bits per heavy atom. The third-order valence-corrected chi connectivity index (χ3v) is 4.86. The summed E-state index contributed by atoms with van der Waals surface area (Å²) in [5.41, 5.74) is 2.97. The average Bonchev–Trinajstić information content (AvgIpc) is 2.75. The van der Waals surface area contributed by atoms with Crippen LogP contribution in [0.25, 0.3) is 0 Å². The molecule has 1 N–H and O–H groups in total. The minimum atomic E-state index is -0.135. The predicted octanol–water partition coefficient (Wildman–Crippen LogP) is 5.74. The Balaban J connectivity index is 1.39. The third-order valence-electron chi connectivity index (χ3n) is 4.86. The zero-order valence-corrected chi connectivity index (χ0v) is 17.2. The number of anilines is 1. The Kier molecular flexibility index (Phi) is 5.98. The number of nitrogens with one attached hydrogen (secondary N) is 1. The van der Waals surface area contributed by atoms with Gasteiger partial charge in [-0.05, 0) is 54.2 Å². The van der Waals surface area contributed by atoms with Gasteiger partial charge in [0.05, 0.1) is 18.3 Å². The molecule has 0 saturated heterocycles. The number of fused-ring (bicyclic) bond motifs is 1. The fourth-order valence-corrected chi connectivity index (χ4v) is 3.45. The van der Waals surface area contributed by atoms with E-state index < -0.39 is 0 Å². The first-order valence-electron chi connectivity index (χ1n) is 10.2. The molecular formula is C25H25N2O3. The molecule has 5 heteroatoms. The number of carbonyl (C=O) groups excluding carboxylic acids is 1. The lowest BCUT2D eigenvalue weighted by molar-refractivity contribution is -0.113. The summed E-state index contributed by atoms with van der Waals surface area (Å²) in [7, 11) is 0. The zero-order valence-electron chi connectivity index (χ0n) is 17.2. The van der Waals surface area contributed by atoms with Gasteiger partial charge in [0.15, 0.2) is 0 Å². The minimum Gasteiger partial charge on any atom is -0.485 e. The normalized spacial score (nSPS) is 15.2. The van der Waals surface area contributed by atoms with E-state index in [1.54, 1.807) is 24.8 Å². The van der Waals surface area contributed by atoms with Crippen molar-refractivity contribution in [2.75, 3.05) is 5.32 Å². The largest absolute Gasteiger partial charge is 0.485 e. The summed E-state index contributed by atoms with van der Waals surface area (Å²) < 4.78 is 12.1. The van der Waals surface area contributed by atoms with Crippen molar-refractivity contribution in [3.63, 3.8) is 0 Å². The highest BCUT2D eigenvalue weighted by molar-refractivity contribution is 5.97. The van der Waals surface area contributed by atoms with Crippen LogP contribution in [-0.4, -0.2) is 10.9 Å². The molecule has 0 spiro atoms. The monoisotopic (exact) mass is 401 g/mol. The van der Waals surface area contributed by atoms with E-state index in [0.29, 0.717) is 17.3 Å². The second kappa shape index (κ2) is 8.99. The van der Waals surface area contributed by atoms with Crippen LogP contribution in [0.3, 0.4) is 0 Å². The van der Waals surface area contributed by atoms with Gasteiger partial charge in [0.2, 0.25) is 11.8 Å². The van der Waals surface area contributed by atoms with Gasteiger partial charge >= 0.3 is 0 Å². The molecule has 0 fully saturated rings. The molecule has 0 saturated carbocycles. The molecule has 30 heavy (non-hydrogen) atoms. The summed E-state index contributed by atoms with van der Waals surface area (Å²) in [6.07, 6.45) is 5.16. The summed E-state index contributed by atoms with van der Waals surface area (Å²) in [6.45, 7) is 3.92. The minimum absolute atomic E-state index is 0.0860. The summed E-state index contributed by atoms with van der Waals surface area (Å²) in [5, 5.41) is 2.79. The number of aromatic nitrogens is 1. The first kappa shape index (κ1) is 20.0. The van der Waals surface area contributed by atoms with E-state index in [1.165, 1.54) is 5.56 Å². The van der Waals surface area contributed by atoms with Crippen molar-refractivity contribution in [2.24, 2.45) is 5.92 Å². The van der Waals surface area contributed by atoms with E-state index in [1.807, 2.05) is 50.2 Å². The van der Waals surface area contributed by atoms with Gasteiger partial charge in [-0.1, -0.05) is 44.2 Å². The molecule has 1 aromatic heterocycles. The molecule has 2 aromatic carbocycles. The topological polar surface area (TPSA) is 60.5 Å². The van der Waals surface area contributed by atoms with Crippen molar-refractivity contribution >= 4 is 11.6 Å².